The number of nitrogens with zero attached hydrogens (tertiary/aromatic N) is 1. The Bertz CT molecular complexity index is 926. The molecule has 1 heterocycles. The van der Waals surface area contributed by atoms with Gasteiger partial charge in [-0.15, -0.1) is 0 Å². The molecule has 1 saturated heterocycles. The molecule has 0 saturated carbocycles. The van der Waals surface area contributed by atoms with Crippen molar-refractivity contribution in [2.45, 2.75) is 13.8 Å². The molecule has 0 N–H and O–H groups in total. The molecule has 7 heteroatoms. The van der Waals surface area contributed by atoms with Crippen LogP contribution in [0.15, 0.2) is 47.4 Å². The Balaban J connectivity index is 1.92. The third-order valence-electron chi connectivity index (χ3n) is 3.99. The fourth-order valence-electron chi connectivity index (χ4n) is 2.80. The second kappa shape index (κ2) is 9.12. The van der Waals surface area contributed by atoms with Gasteiger partial charge in [0.1, 0.15) is 5.75 Å². The van der Waals surface area contributed by atoms with Crippen molar-refractivity contribution in [2.24, 2.45) is 0 Å². The number of ether oxygens (including phenoxy) is 3. The smallest absolute Gasteiger partial charge is 0.270 e. The van der Waals surface area contributed by atoms with Gasteiger partial charge in [-0.25, -0.2) is 0 Å². The number of rotatable bonds is 7. The summed E-state index contributed by atoms with van der Waals surface area (Å²) in [7, 11) is 1.57. The second-order valence-electron chi connectivity index (χ2n) is 5.76. The lowest BCUT2D eigenvalue weighted by Crippen LogP contribution is -2.27. The summed E-state index contributed by atoms with van der Waals surface area (Å²) in [6.45, 7) is 4.92. The molecule has 0 unspecified atom stereocenters. The number of hydrogen-bond acceptors (Lipinski definition) is 6. The Hall–Kier alpha value is -2.51. The highest BCUT2D eigenvalue weighted by atomic mass is 32.2. The number of carbonyl (C=O) groups excluding carboxylic acids is 1. The summed E-state index contributed by atoms with van der Waals surface area (Å²) in [6.07, 6.45) is 1.81. The van der Waals surface area contributed by atoms with Gasteiger partial charge in [0.05, 0.1) is 30.9 Å². The van der Waals surface area contributed by atoms with E-state index < -0.39 is 0 Å². The second-order valence-corrected chi connectivity index (χ2v) is 7.44. The molecule has 0 aliphatic carbocycles. The number of para-hydroxylation sites is 2. The number of amides is 1. The average Bonchev–Trinajstić information content (AvgIpc) is 2.97. The fourth-order valence-corrected chi connectivity index (χ4v) is 4.08. The van der Waals surface area contributed by atoms with E-state index in [9.17, 15) is 4.79 Å². The summed E-state index contributed by atoms with van der Waals surface area (Å²) in [5, 5.41) is 0. The first kappa shape index (κ1) is 20.2. The number of thiocarbonyl (C=S) groups is 1. The molecule has 0 atom stereocenters. The zero-order chi connectivity index (χ0) is 20.1. The lowest BCUT2D eigenvalue weighted by molar-refractivity contribution is -0.113. The molecule has 0 bridgehead atoms. The van der Waals surface area contributed by atoms with Crippen LogP contribution in [0, 0.1) is 0 Å². The van der Waals surface area contributed by atoms with Crippen LogP contribution in [0.25, 0.3) is 6.08 Å². The van der Waals surface area contributed by atoms with Crippen molar-refractivity contribution >= 4 is 46.0 Å². The quantitative estimate of drug-likeness (QED) is 0.474. The molecule has 1 aliphatic heterocycles. The van der Waals surface area contributed by atoms with Crippen molar-refractivity contribution in [1.82, 2.24) is 0 Å². The van der Waals surface area contributed by atoms with Crippen molar-refractivity contribution in [2.75, 3.05) is 25.2 Å². The minimum absolute atomic E-state index is 0.175. The fraction of sp³-hybridized carbons (Fsp3) is 0.238. The van der Waals surface area contributed by atoms with Gasteiger partial charge in [0.15, 0.2) is 15.8 Å². The number of carbonyl (C=O) groups is 1. The Morgan fingerprint density at radius 2 is 1.75 bits per heavy atom. The van der Waals surface area contributed by atoms with Crippen molar-refractivity contribution in [1.29, 1.82) is 0 Å². The highest BCUT2D eigenvalue weighted by Crippen LogP contribution is 2.40. The largest absolute Gasteiger partial charge is 0.495 e. The van der Waals surface area contributed by atoms with Crippen LogP contribution in [0.1, 0.15) is 19.4 Å². The standard InChI is InChI=1S/C21H21NO4S2/c1-4-25-17-11-10-14(12-18(17)26-5-2)13-19-20(23)22(21(27)28-19)15-8-6-7-9-16(15)24-3/h6-13H,4-5H2,1-3H3/b19-13+. The Morgan fingerprint density at radius 3 is 2.46 bits per heavy atom. The van der Waals surface area contributed by atoms with Crippen LogP contribution in [0.3, 0.4) is 0 Å². The minimum atomic E-state index is -0.175. The first-order valence-electron chi connectivity index (χ1n) is 8.89. The van der Waals surface area contributed by atoms with Crippen molar-refractivity contribution in [3.05, 3.63) is 52.9 Å². The van der Waals surface area contributed by atoms with Gasteiger partial charge >= 0.3 is 0 Å². The van der Waals surface area contributed by atoms with E-state index in [-0.39, 0.29) is 5.91 Å². The number of hydrogen-bond donors (Lipinski definition) is 0. The molecule has 0 aromatic heterocycles. The molecule has 28 heavy (non-hydrogen) atoms. The molecule has 146 valence electrons. The van der Waals surface area contributed by atoms with Crippen LogP contribution >= 0.6 is 24.0 Å². The lowest BCUT2D eigenvalue weighted by Gasteiger charge is -2.17. The van der Waals surface area contributed by atoms with Gasteiger partial charge < -0.3 is 14.2 Å². The van der Waals surface area contributed by atoms with Crippen molar-refractivity contribution < 1.29 is 19.0 Å². The van der Waals surface area contributed by atoms with Crippen LogP contribution in [0.5, 0.6) is 17.2 Å². The highest BCUT2D eigenvalue weighted by Gasteiger charge is 2.34. The number of methoxy groups -OCH3 is 1. The molecule has 1 aliphatic rings. The molecule has 0 radical (unpaired) electrons. The van der Waals surface area contributed by atoms with E-state index in [4.69, 9.17) is 26.4 Å². The van der Waals surface area contributed by atoms with Crippen LogP contribution in [-0.2, 0) is 4.79 Å². The molecular weight excluding hydrogens is 394 g/mol. The van der Waals surface area contributed by atoms with Gasteiger partial charge in [-0.2, -0.15) is 0 Å². The predicted octanol–water partition coefficient (Wildman–Crippen LogP) is 4.90. The zero-order valence-corrected chi connectivity index (χ0v) is 17.6. The van der Waals surface area contributed by atoms with E-state index in [1.807, 2.05) is 56.3 Å². The van der Waals surface area contributed by atoms with Crippen LogP contribution in [0.2, 0.25) is 0 Å². The molecule has 5 nitrogen and oxygen atoms in total. The zero-order valence-electron chi connectivity index (χ0n) is 15.9. The maximum Gasteiger partial charge on any atom is 0.270 e. The van der Waals surface area contributed by atoms with Gasteiger partial charge in [-0.1, -0.05) is 42.2 Å². The molecule has 1 amide bonds. The normalized spacial score (nSPS) is 15.2. The van der Waals surface area contributed by atoms with E-state index in [0.29, 0.717) is 45.4 Å². The molecule has 2 aromatic rings. The van der Waals surface area contributed by atoms with Crippen molar-refractivity contribution in [3.8, 4) is 17.2 Å². The maximum absolute atomic E-state index is 13.0. The van der Waals surface area contributed by atoms with Gasteiger partial charge in [-0.05, 0) is 49.8 Å². The van der Waals surface area contributed by atoms with E-state index in [0.717, 1.165) is 5.56 Å². The molecule has 2 aromatic carbocycles. The number of benzene rings is 2. The highest BCUT2D eigenvalue weighted by molar-refractivity contribution is 8.27. The van der Waals surface area contributed by atoms with E-state index in [2.05, 4.69) is 0 Å². The van der Waals surface area contributed by atoms with E-state index >= 15 is 0 Å². The maximum atomic E-state index is 13.0. The third-order valence-corrected chi connectivity index (χ3v) is 5.29. The first-order chi connectivity index (χ1) is 13.6. The Morgan fingerprint density at radius 1 is 1.04 bits per heavy atom. The monoisotopic (exact) mass is 415 g/mol. The third kappa shape index (κ3) is 4.15. The molecule has 1 fully saturated rings. The summed E-state index contributed by atoms with van der Waals surface area (Å²) in [5.41, 5.74) is 1.48. The summed E-state index contributed by atoms with van der Waals surface area (Å²) >= 11 is 6.72. The summed E-state index contributed by atoms with van der Waals surface area (Å²) in [5.74, 6) is 1.76. The van der Waals surface area contributed by atoms with Gasteiger partial charge in [0, 0.05) is 0 Å². The van der Waals surface area contributed by atoms with Crippen molar-refractivity contribution in [3.63, 3.8) is 0 Å². The topological polar surface area (TPSA) is 48.0 Å². The Kier molecular flexibility index (Phi) is 6.59. The van der Waals surface area contributed by atoms with Gasteiger partial charge in [0.25, 0.3) is 5.91 Å². The summed E-state index contributed by atoms with van der Waals surface area (Å²) in [4.78, 5) is 15.1. The van der Waals surface area contributed by atoms with E-state index in [1.165, 1.54) is 16.7 Å². The van der Waals surface area contributed by atoms with E-state index in [1.54, 1.807) is 13.2 Å². The first-order valence-corrected chi connectivity index (χ1v) is 10.1. The van der Waals surface area contributed by atoms with Gasteiger partial charge in [-0.3, -0.25) is 9.69 Å². The summed E-state index contributed by atoms with van der Waals surface area (Å²) < 4.78 is 17.1. The van der Waals surface area contributed by atoms with Crippen LogP contribution in [-0.4, -0.2) is 30.6 Å². The number of thioether (sulfide) groups is 1. The molecular formula is C21H21NO4S2. The molecule has 0 spiro atoms. The predicted molar refractivity (Wildman–Crippen MR) is 117 cm³/mol. The molecule has 3 rings (SSSR count). The summed E-state index contributed by atoms with van der Waals surface area (Å²) in [6, 6.07) is 12.9. The van der Waals surface area contributed by atoms with Gasteiger partial charge in [0.2, 0.25) is 0 Å². The van der Waals surface area contributed by atoms with Crippen LogP contribution in [0.4, 0.5) is 5.69 Å². The Labute approximate surface area is 174 Å². The lowest BCUT2D eigenvalue weighted by atomic mass is 10.1. The SMILES string of the molecule is CCOc1ccc(/C=C2/SC(=S)N(c3ccccc3OC)C2=O)cc1OCC. The number of anilines is 1. The minimum Gasteiger partial charge on any atom is -0.495 e. The van der Waals surface area contributed by atoms with Crippen LogP contribution < -0.4 is 19.1 Å². The average molecular weight is 416 g/mol.